The summed E-state index contributed by atoms with van der Waals surface area (Å²) in [5, 5.41) is 10.2. The fourth-order valence-corrected chi connectivity index (χ4v) is 7.50. The number of anilines is 1. The first-order valence-electron chi connectivity index (χ1n) is 13.8. The normalized spacial score (nSPS) is 24.3. The number of hydrogen-bond acceptors (Lipinski definition) is 8. The van der Waals surface area contributed by atoms with Crippen molar-refractivity contribution in [3.63, 3.8) is 0 Å². The highest BCUT2D eigenvalue weighted by Crippen LogP contribution is 2.53. The van der Waals surface area contributed by atoms with E-state index in [0.717, 1.165) is 24.0 Å². The third-order valence-electron chi connectivity index (χ3n) is 8.55. The second kappa shape index (κ2) is 10.9. The molecule has 9 nitrogen and oxygen atoms in total. The highest BCUT2D eigenvalue weighted by atomic mass is 32.1. The average molecular weight is 565 g/mol. The quantitative estimate of drug-likeness (QED) is 0.377. The third-order valence-corrected chi connectivity index (χ3v) is 9.85. The lowest BCUT2D eigenvalue weighted by molar-refractivity contribution is -0.145. The number of rotatable bonds is 7. The Morgan fingerprint density at radius 2 is 1.90 bits per heavy atom. The van der Waals surface area contributed by atoms with Gasteiger partial charge in [0.1, 0.15) is 22.8 Å². The number of hydrogen-bond donors (Lipinski definition) is 1. The van der Waals surface area contributed by atoms with Crippen molar-refractivity contribution >= 4 is 34.0 Å². The number of carbonyl (C=O) groups excluding carboxylic acids is 2. The Labute approximate surface area is 236 Å². The van der Waals surface area contributed by atoms with Crippen molar-refractivity contribution in [3.05, 3.63) is 59.5 Å². The van der Waals surface area contributed by atoms with Gasteiger partial charge in [-0.15, -0.1) is 11.3 Å². The smallest absolute Gasteiger partial charge is 0.306 e. The zero-order chi connectivity index (χ0) is 27.9. The summed E-state index contributed by atoms with van der Waals surface area (Å²) in [5.41, 5.74) is 0.888. The van der Waals surface area contributed by atoms with E-state index in [-0.39, 0.29) is 50.0 Å². The van der Waals surface area contributed by atoms with Gasteiger partial charge >= 0.3 is 5.97 Å². The van der Waals surface area contributed by atoms with Crippen molar-refractivity contribution in [1.29, 1.82) is 0 Å². The molecule has 1 aliphatic carbocycles. The molecule has 2 aromatic heterocycles. The molecule has 0 bridgehead atoms. The van der Waals surface area contributed by atoms with E-state index in [9.17, 15) is 19.5 Å². The van der Waals surface area contributed by atoms with E-state index >= 15 is 0 Å². The monoisotopic (exact) mass is 564 g/mol. The van der Waals surface area contributed by atoms with Gasteiger partial charge in [0.25, 0.3) is 0 Å². The maximum atomic E-state index is 14.5. The van der Waals surface area contributed by atoms with Gasteiger partial charge in [-0.1, -0.05) is 30.3 Å². The summed E-state index contributed by atoms with van der Waals surface area (Å²) >= 11 is 1.33. The summed E-state index contributed by atoms with van der Waals surface area (Å²) in [6.45, 7) is 3.36. The van der Waals surface area contributed by atoms with Gasteiger partial charge in [-0.2, -0.15) is 0 Å². The number of thiophene rings is 1. The number of benzene rings is 1. The van der Waals surface area contributed by atoms with Crippen LogP contribution in [0.25, 0.3) is 10.8 Å². The van der Waals surface area contributed by atoms with Gasteiger partial charge in [-0.05, 0) is 56.6 Å². The lowest BCUT2D eigenvalue weighted by Crippen LogP contribution is -2.55. The van der Waals surface area contributed by atoms with E-state index in [4.69, 9.17) is 13.9 Å². The minimum atomic E-state index is -1.29. The van der Waals surface area contributed by atoms with Crippen LogP contribution < -0.4 is 4.90 Å². The topological polar surface area (TPSA) is 119 Å². The van der Waals surface area contributed by atoms with Crippen LogP contribution in [0.1, 0.15) is 66.1 Å². The first kappa shape index (κ1) is 26.9. The number of oxazole rings is 1. The first-order chi connectivity index (χ1) is 19.4. The zero-order valence-corrected chi connectivity index (χ0v) is 23.2. The van der Waals surface area contributed by atoms with Crippen LogP contribution in [0, 0.1) is 18.3 Å². The molecule has 1 saturated carbocycles. The molecule has 0 radical (unpaired) electrons. The fraction of sp³-hybridized carbons (Fsp3) is 0.467. The molecule has 6 rings (SSSR count). The zero-order valence-electron chi connectivity index (χ0n) is 22.3. The Balaban J connectivity index is 1.42. The first-order valence-corrected chi connectivity index (χ1v) is 14.6. The summed E-state index contributed by atoms with van der Waals surface area (Å²) in [7, 11) is 0. The minimum Gasteiger partial charge on any atom is -0.481 e. The molecule has 210 valence electrons. The number of carboxylic acid groups (broad SMARTS) is 1. The van der Waals surface area contributed by atoms with Crippen LogP contribution in [0.4, 0.5) is 5.00 Å². The van der Waals surface area contributed by atoms with E-state index in [1.807, 2.05) is 37.3 Å². The number of Topliss-reactive ketones (excluding diaryl/α,β-unsaturated/α-hetero) is 1. The van der Waals surface area contributed by atoms with Gasteiger partial charge in [0, 0.05) is 13.2 Å². The Bertz CT molecular complexity index is 1390. The molecule has 1 atom stereocenters. The van der Waals surface area contributed by atoms with E-state index in [1.165, 1.54) is 17.6 Å². The summed E-state index contributed by atoms with van der Waals surface area (Å²) < 4.78 is 17.8. The average Bonchev–Trinajstić information content (AvgIpc) is 3.63. The molecule has 1 unspecified atom stereocenters. The maximum Gasteiger partial charge on any atom is 0.306 e. The Hall–Kier alpha value is -3.34. The van der Waals surface area contributed by atoms with Crippen LogP contribution in [0.15, 0.2) is 47.2 Å². The molecule has 1 N–H and O–H groups in total. The summed E-state index contributed by atoms with van der Waals surface area (Å²) in [6, 6.07) is 9.84. The second-order valence-corrected chi connectivity index (χ2v) is 11.9. The van der Waals surface area contributed by atoms with Crippen LogP contribution in [0.3, 0.4) is 0 Å². The van der Waals surface area contributed by atoms with Gasteiger partial charge in [0.2, 0.25) is 11.8 Å². The van der Waals surface area contributed by atoms with Crippen molar-refractivity contribution in [3.8, 4) is 10.8 Å². The van der Waals surface area contributed by atoms with Crippen molar-refractivity contribution in [1.82, 2.24) is 4.98 Å². The predicted molar refractivity (Wildman–Crippen MR) is 147 cm³/mol. The van der Waals surface area contributed by atoms with Crippen molar-refractivity contribution in [2.45, 2.75) is 57.7 Å². The van der Waals surface area contributed by atoms with Gasteiger partial charge < -0.3 is 19.0 Å². The number of amides is 1. The predicted octanol–water partition coefficient (Wildman–Crippen LogP) is 5.44. The lowest BCUT2D eigenvalue weighted by atomic mass is 9.64. The summed E-state index contributed by atoms with van der Waals surface area (Å²) in [4.78, 5) is 47.1. The molecular weight excluding hydrogens is 532 g/mol. The molecule has 4 heterocycles. The number of carbonyl (C=O) groups is 3. The van der Waals surface area contributed by atoms with Gasteiger partial charge in [0.05, 0.1) is 35.2 Å². The summed E-state index contributed by atoms with van der Waals surface area (Å²) in [5.74, 6) is -1.53. The maximum absolute atomic E-state index is 14.5. The molecular formula is C30H32N2O7S. The van der Waals surface area contributed by atoms with Crippen molar-refractivity contribution in [2.75, 3.05) is 24.7 Å². The van der Waals surface area contributed by atoms with Crippen LogP contribution in [-0.4, -0.2) is 53.6 Å². The molecule has 1 amide bonds. The van der Waals surface area contributed by atoms with Crippen LogP contribution in [0.2, 0.25) is 0 Å². The van der Waals surface area contributed by atoms with Crippen LogP contribution >= 0.6 is 11.3 Å². The highest BCUT2D eigenvalue weighted by Gasteiger charge is 2.56. The summed E-state index contributed by atoms with van der Waals surface area (Å²) in [6.07, 6.45) is 5.14. The molecule has 1 saturated heterocycles. The van der Waals surface area contributed by atoms with E-state index < -0.39 is 23.4 Å². The number of fused-ring (bicyclic) bond motifs is 1. The van der Waals surface area contributed by atoms with Crippen molar-refractivity contribution < 1.29 is 33.4 Å². The van der Waals surface area contributed by atoms with Crippen LogP contribution in [0.5, 0.6) is 0 Å². The Kier molecular flexibility index (Phi) is 7.33. The second-order valence-electron chi connectivity index (χ2n) is 10.9. The Morgan fingerprint density at radius 1 is 1.18 bits per heavy atom. The standard InChI is InChI=1S/C30H32N2O7S/c1-18-23-25(33)30(11-7-20(8-12-30)28(34)35)29(36)32(27(23)40-24(18)26-31-13-16-38-26)17-22(19-5-3-2-4-6-19)39-21-9-14-37-15-10-21/h2-6,13,16,20-22H,7-12,14-15,17H2,1H3,(H,34,35). The number of aromatic nitrogens is 1. The molecule has 10 heteroatoms. The van der Waals surface area contributed by atoms with E-state index in [1.54, 1.807) is 11.1 Å². The largest absolute Gasteiger partial charge is 0.481 e. The molecule has 3 aromatic rings. The Morgan fingerprint density at radius 3 is 2.55 bits per heavy atom. The third kappa shape index (κ3) is 4.67. The number of aliphatic carboxylic acids is 1. The van der Waals surface area contributed by atoms with E-state index in [0.29, 0.717) is 34.5 Å². The molecule has 40 heavy (non-hydrogen) atoms. The lowest BCUT2D eigenvalue weighted by Gasteiger charge is -2.44. The minimum absolute atomic E-state index is 0.00660. The molecule has 1 spiro atoms. The van der Waals surface area contributed by atoms with Crippen LogP contribution in [-0.2, 0) is 19.1 Å². The number of ether oxygens (including phenoxy) is 2. The van der Waals surface area contributed by atoms with Gasteiger partial charge in [0.15, 0.2) is 5.78 Å². The molecule has 3 aliphatic rings. The number of nitrogens with zero attached hydrogens (tertiary/aromatic N) is 2. The molecule has 2 fully saturated rings. The number of carboxylic acids is 1. The molecule has 2 aliphatic heterocycles. The van der Waals surface area contributed by atoms with E-state index in [2.05, 4.69) is 4.98 Å². The fourth-order valence-electron chi connectivity index (χ4n) is 6.25. The van der Waals surface area contributed by atoms with Crippen molar-refractivity contribution in [2.24, 2.45) is 11.3 Å². The highest BCUT2D eigenvalue weighted by molar-refractivity contribution is 7.20. The number of ketones is 1. The van der Waals surface area contributed by atoms with Gasteiger partial charge in [-0.3, -0.25) is 19.3 Å². The molecule has 1 aromatic carbocycles. The van der Waals surface area contributed by atoms with Gasteiger partial charge in [-0.25, -0.2) is 4.98 Å². The SMILES string of the molecule is Cc1c(-c2ncco2)sc2c1C(=O)C1(CCC(C(=O)O)CC1)C(=O)N2CC(OC1CCOCC1)c1ccccc1.